The van der Waals surface area contributed by atoms with E-state index in [2.05, 4.69) is 15.9 Å². The maximum Gasteiger partial charge on any atom is 0.166 e. The molecule has 78 valence electrons. The van der Waals surface area contributed by atoms with Crippen molar-refractivity contribution in [2.24, 2.45) is 5.73 Å². The van der Waals surface area contributed by atoms with Crippen molar-refractivity contribution >= 4 is 15.9 Å². The van der Waals surface area contributed by atoms with Crippen LogP contribution in [0.4, 0.5) is 4.39 Å². The lowest BCUT2D eigenvalue weighted by Gasteiger charge is -2.15. The highest BCUT2D eigenvalue weighted by Gasteiger charge is 2.19. The van der Waals surface area contributed by atoms with Crippen LogP contribution in [0.5, 0.6) is 5.75 Å². The van der Waals surface area contributed by atoms with E-state index < -0.39 is 17.7 Å². The van der Waals surface area contributed by atoms with Crippen molar-refractivity contribution in [1.82, 2.24) is 0 Å². The molecule has 0 aliphatic carbocycles. The smallest absolute Gasteiger partial charge is 0.166 e. The molecule has 1 atom stereocenters. The molecule has 1 aromatic carbocycles. The van der Waals surface area contributed by atoms with Gasteiger partial charge < -0.3 is 15.9 Å². The topological polar surface area (TPSA) is 66.5 Å². The van der Waals surface area contributed by atoms with E-state index in [1.54, 1.807) is 6.92 Å². The van der Waals surface area contributed by atoms with E-state index in [0.29, 0.717) is 10.0 Å². The van der Waals surface area contributed by atoms with Crippen molar-refractivity contribution in [3.05, 3.63) is 27.5 Å². The molecule has 0 amide bonds. The second-order valence-corrected chi connectivity index (χ2v) is 3.83. The molecule has 1 unspecified atom stereocenters. The fraction of sp³-hybridized carbons (Fsp3) is 0.333. The standard InChI is InChI=1S/C9H11BrFNO2/c1-4-5(10)2-6(11)9(14)8(4)7(13)3-12/h2,7,13-14H,3,12H2,1H3. The molecule has 0 saturated carbocycles. The fourth-order valence-corrected chi connectivity index (χ4v) is 1.66. The predicted molar refractivity (Wildman–Crippen MR) is 54.5 cm³/mol. The number of aliphatic hydroxyl groups is 1. The SMILES string of the molecule is Cc1c(Br)cc(F)c(O)c1C(O)CN. The van der Waals surface area contributed by atoms with Crippen LogP contribution >= 0.6 is 15.9 Å². The molecule has 3 nitrogen and oxygen atoms in total. The number of phenolic OH excluding ortho intramolecular Hbond substituents is 1. The summed E-state index contributed by atoms with van der Waals surface area (Å²) in [7, 11) is 0. The molecule has 0 saturated heterocycles. The van der Waals surface area contributed by atoms with Crippen molar-refractivity contribution in [2.45, 2.75) is 13.0 Å². The van der Waals surface area contributed by atoms with E-state index in [9.17, 15) is 14.6 Å². The Balaban J connectivity index is 3.39. The molecule has 0 aliphatic heterocycles. The van der Waals surface area contributed by atoms with Gasteiger partial charge in [0.2, 0.25) is 0 Å². The molecule has 0 heterocycles. The zero-order chi connectivity index (χ0) is 10.9. The Labute approximate surface area is 89.5 Å². The van der Waals surface area contributed by atoms with Gasteiger partial charge in [-0.05, 0) is 18.6 Å². The van der Waals surface area contributed by atoms with Crippen molar-refractivity contribution in [2.75, 3.05) is 6.54 Å². The van der Waals surface area contributed by atoms with Gasteiger partial charge in [-0.1, -0.05) is 15.9 Å². The molecule has 5 heteroatoms. The van der Waals surface area contributed by atoms with Crippen molar-refractivity contribution in [3.8, 4) is 5.75 Å². The van der Waals surface area contributed by atoms with Gasteiger partial charge in [-0.15, -0.1) is 0 Å². The molecule has 14 heavy (non-hydrogen) atoms. The molecule has 0 aromatic heterocycles. The van der Waals surface area contributed by atoms with Crippen LogP contribution in [0.1, 0.15) is 17.2 Å². The van der Waals surface area contributed by atoms with Gasteiger partial charge in [-0.25, -0.2) is 4.39 Å². The van der Waals surface area contributed by atoms with Crippen LogP contribution in [0.15, 0.2) is 10.5 Å². The first-order valence-electron chi connectivity index (χ1n) is 4.04. The zero-order valence-electron chi connectivity index (χ0n) is 7.59. The summed E-state index contributed by atoms with van der Waals surface area (Å²) >= 11 is 3.13. The Morgan fingerprint density at radius 1 is 1.64 bits per heavy atom. The Kier molecular flexibility index (Phi) is 3.47. The minimum absolute atomic E-state index is 0.0652. The third-order valence-corrected chi connectivity index (χ3v) is 2.88. The van der Waals surface area contributed by atoms with Crippen LogP contribution < -0.4 is 5.73 Å². The molecule has 0 aliphatic rings. The van der Waals surface area contributed by atoms with E-state index in [4.69, 9.17) is 5.73 Å². The predicted octanol–water partition coefficient (Wildman–Crippen LogP) is 1.59. The molecule has 4 N–H and O–H groups in total. The van der Waals surface area contributed by atoms with Gasteiger partial charge in [0, 0.05) is 16.6 Å². The number of phenols is 1. The highest BCUT2D eigenvalue weighted by Crippen LogP contribution is 2.34. The normalized spacial score (nSPS) is 12.9. The maximum absolute atomic E-state index is 13.1. The molecule has 0 bridgehead atoms. The summed E-state index contributed by atoms with van der Waals surface area (Å²) < 4.78 is 13.6. The van der Waals surface area contributed by atoms with E-state index >= 15 is 0 Å². The van der Waals surface area contributed by atoms with Crippen LogP contribution in [0.25, 0.3) is 0 Å². The van der Waals surface area contributed by atoms with Crippen molar-refractivity contribution < 1.29 is 14.6 Å². The molecule has 0 fully saturated rings. The first kappa shape index (κ1) is 11.4. The third-order valence-electron chi connectivity index (χ3n) is 2.05. The molecule has 1 aromatic rings. The monoisotopic (exact) mass is 263 g/mol. The lowest BCUT2D eigenvalue weighted by atomic mass is 10.0. The van der Waals surface area contributed by atoms with E-state index in [1.165, 1.54) is 0 Å². The van der Waals surface area contributed by atoms with Crippen LogP contribution in [-0.4, -0.2) is 16.8 Å². The number of aromatic hydroxyl groups is 1. The number of hydrogen-bond acceptors (Lipinski definition) is 3. The number of hydrogen-bond donors (Lipinski definition) is 3. The van der Waals surface area contributed by atoms with Crippen LogP contribution in [0, 0.1) is 12.7 Å². The number of nitrogens with two attached hydrogens (primary N) is 1. The molecular formula is C9H11BrFNO2. The minimum Gasteiger partial charge on any atom is -0.505 e. The minimum atomic E-state index is -1.05. The Bertz CT molecular complexity index is 331. The average molecular weight is 264 g/mol. The fourth-order valence-electron chi connectivity index (χ4n) is 1.25. The van der Waals surface area contributed by atoms with Gasteiger partial charge in [0.15, 0.2) is 11.6 Å². The van der Waals surface area contributed by atoms with E-state index in [-0.39, 0.29) is 12.1 Å². The summed E-state index contributed by atoms with van der Waals surface area (Å²) in [5.74, 6) is -1.31. The van der Waals surface area contributed by atoms with Crippen LogP contribution in [0.3, 0.4) is 0 Å². The van der Waals surface area contributed by atoms with Gasteiger partial charge in [-0.3, -0.25) is 0 Å². The summed E-state index contributed by atoms with van der Waals surface area (Å²) in [6.45, 7) is 1.60. The summed E-state index contributed by atoms with van der Waals surface area (Å²) in [6.07, 6.45) is -1.05. The van der Waals surface area contributed by atoms with Gasteiger partial charge >= 0.3 is 0 Å². The highest BCUT2D eigenvalue weighted by atomic mass is 79.9. The van der Waals surface area contributed by atoms with E-state index in [0.717, 1.165) is 6.07 Å². The number of aliphatic hydroxyl groups excluding tert-OH is 1. The quantitative estimate of drug-likeness (QED) is 0.760. The van der Waals surface area contributed by atoms with Gasteiger partial charge in [0.1, 0.15) is 0 Å². The maximum atomic E-state index is 13.1. The second kappa shape index (κ2) is 4.25. The van der Waals surface area contributed by atoms with Crippen molar-refractivity contribution in [1.29, 1.82) is 0 Å². The highest BCUT2D eigenvalue weighted by molar-refractivity contribution is 9.10. The molecular weight excluding hydrogens is 253 g/mol. The summed E-state index contributed by atoms with van der Waals surface area (Å²) in [5, 5.41) is 18.9. The summed E-state index contributed by atoms with van der Waals surface area (Å²) in [5.41, 5.74) is 5.97. The lowest BCUT2D eigenvalue weighted by molar-refractivity contribution is 0.180. The summed E-state index contributed by atoms with van der Waals surface area (Å²) in [4.78, 5) is 0. The summed E-state index contributed by atoms with van der Waals surface area (Å²) in [6, 6.07) is 1.15. The molecule has 0 spiro atoms. The van der Waals surface area contributed by atoms with Crippen LogP contribution in [-0.2, 0) is 0 Å². The molecule has 1 rings (SSSR count). The Morgan fingerprint density at radius 2 is 2.21 bits per heavy atom. The van der Waals surface area contributed by atoms with E-state index in [1.807, 2.05) is 0 Å². The first-order chi connectivity index (χ1) is 6.49. The lowest BCUT2D eigenvalue weighted by Crippen LogP contribution is -2.13. The second-order valence-electron chi connectivity index (χ2n) is 2.98. The van der Waals surface area contributed by atoms with Crippen molar-refractivity contribution in [3.63, 3.8) is 0 Å². The molecule has 0 radical (unpaired) electrons. The van der Waals surface area contributed by atoms with Gasteiger partial charge in [-0.2, -0.15) is 0 Å². The van der Waals surface area contributed by atoms with Gasteiger partial charge in [0.05, 0.1) is 6.10 Å². The number of benzene rings is 1. The van der Waals surface area contributed by atoms with Crippen LogP contribution in [0.2, 0.25) is 0 Å². The third kappa shape index (κ3) is 1.89. The Morgan fingerprint density at radius 3 is 2.71 bits per heavy atom. The zero-order valence-corrected chi connectivity index (χ0v) is 9.18. The first-order valence-corrected chi connectivity index (χ1v) is 4.84. The van der Waals surface area contributed by atoms with Gasteiger partial charge in [0.25, 0.3) is 0 Å². The largest absolute Gasteiger partial charge is 0.505 e. The Hall–Kier alpha value is -0.650. The number of halogens is 2. The average Bonchev–Trinajstić information content (AvgIpc) is 2.15. The number of rotatable bonds is 2.